The van der Waals surface area contributed by atoms with Crippen molar-refractivity contribution in [3.8, 4) is 23.1 Å². The van der Waals surface area contributed by atoms with Crippen LogP contribution >= 0.6 is 0 Å². The standard InChI is InChI=1S/C38H37F6N7O4S/c1-19-47-36(50-56(4,54)55)29-7-5-6-28(51(19)29)25-9-8-23(12-13-37(2,3)53)48-33(25)27(16-20-14-21(39)17-22(40)15-20)49-30(52)18-46-34-31(32(45)35(41)42)24-10-11-26(24)38(34,43)44/h5-9,14-15,17,24,26-27,35,45-46,50,53H,10-11,16,18H2,1-4H3,(H,49,52)/t24-,26+,27-/m0/s1. The number of nitrogens with zero attached hydrogens (tertiary/aromatic N) is 3. The van der Waals surface area contributed by atoms with Crippen LogP contribution in [-0.2, 0) is 21.2 Å². The number of hydrogen-bond acceptors (Lipinski definition) is 8. The maximum absolute atomic E-state index is 15.5. The third-order valence-corrected chi connectivity index (χ3v) is 10.0. The predicted molar refractivity (Wildman–Crippen MR) is 196 cm³/mol. The van der Waals surface area contributed by atoms with Gasteiger partial charge in [0.25, 0.3) is 12.3 Å². The molecule has 1 saturated carbocycles. The molecule has 0 spiro atoms. The quantitative estimate of drug-likeness (QED) is 0.0700. The molecule has 2 aliphatic carbocycles. The fourth-order valence-electron chi connectivity index (χ4n) is 7.11. The number of hydrogen-bond donors (Lipinski definition) is 5. The maximum Gasteiger partial charge on any atom is 0.290 e. The van der Waals surface area contributed by atoms with Gasteiger partial charge in [0, 0.05) is 23.1 Å². The molecule has 1 amide bonds. The number of allylic oxidation sites excluding steroid dienone is 2. The molecule has 0 saturated heterocycles. The summed E-state index contributed by atoms with van der Waals surface area (Å²) in [6, 6.07) is 9.41. The summed E-state index contributed by atoms with van der Waals surface area (Å²) >= 11 is 0. The van der Waals surface area contributed by atoms with E-state index in [0.29, 0.717) is 28.7 Å². The Morgan fingerprint density at radius 2 is 1.80 bits per heavy atom. The van der Waals surface area contributed by atoms with Gasteiger partial charge in [-0.15, -0.1) is 0 Å². The number of nitrogens with one attached hydrogen (secondary N) is 4. The molecule has 4 aromatic rings. The second kappa shape index (κ2) is 14.9. The van der Waals surface area contributed by atoms with Crippen molar-refractivity contribution < 1.29 is 44.7 Å². The zero-order valence-corrected chi connectivity index (χ0v) is 31.3. The fraction of sp³-hybridized carbons (Fsp3) is 0.368. The minimum atomic E-state index is -3.76. The number of amides is 1. The minimum Gasteiger partial charge on any atom is -0.378 e. The van der Waals surface area contributed by atoms with Crippen LogP contribution in [0.1, 0.15) is 55.5 Å². The molecule has 1 aromatic carbocycles. The number of pyridine rings is 2. The second-order valence-electron chi connectivity index (χ2n) is 14.3. The molecule has 0 bridgehead atoms. The Kier molecular flexibility index (Phi) is 10.7. The van der Waals surface area contributed by atoms with E-state index in [9.17, 15) is 35.9 Å². The summed E-state index contributed by atoms with van der Waals surface area (Å²) in [5.74, 6) is -2.88. The molecule has 0 radical (unpaired) electrons. The summed E-state index contributed by atoms with van der Waals surface area (Å²) in [6.07, 6.45) is -2.43. The van der Waals surface area contributed by atoms with Gasteiger partial charge in [0.2, 0.25) is 15.9 Å². The second-order valence-corrected chi connectivity index (χ2v) is 16.1. The summed E-state index contributed by atoms with van der Waals surface area (Å²) in [5, 5.41) is 23.2. The summed E-state index contributed by atoms with van der Waals surface area (Å²) in [7, 11) is -3.76. The number of carbonyl (C=O) groups excluding carboxylic acids is 1. The molecule has 18 heteroatoms. The van der Waals surface area contributed by atoms with E-state index in [4.69, 9.17) is 10.4 Å². The van der Waals surface area contributed by atoms with E-state index in [1.165, 1.54) is 19.9 Å². The third-order valence-electron chi connectivity index (χ3n) is 9.48. The largest absolute Gasteiger partial charge is 0.378 e. The highest BCUT2D eigenvalue weighted by atomic mass is 32.2. The van der Waals surface area contributed by atoms with E-state index in [1.807, 2.05) is 0 Å². The lowest BCUT2D eigenvalue weighted by Crippen LogP contribution is -2.42. The van der Waals surface area contributed by atoms with Crippen LogP contribution in [0.3, 0.4) is 0 Å². The van der Waals surface area contributed by atoms with Crippen molar-refractivity contribution >= 4 is 33.0 Å². The number of anilines is 1. The Hall–Kier alpha value is -5.41. The number of halogens is 6. The van der Waals surface area contributed by atoms with Gasteiger partial charge in [-0.3, -0.25) is 19.3 Å². The number of aromatic nitrogens is 3. The van der Waals surface area contributed by atoms with Crippen molar-refractivity contribution in [1.82, 2.24) is 25.0 Å². The molecule has 3 heterocycles. The Morgan fingerprint density at radius 3 is 2.41 bits per heavy atom. The van der Waals surface area contributed by atoms with E-state index in [1.54, 1.807) is 35.6 Å². The highest BCUT2D eigenvalue weighted by Crippen LogP contribution is 2.57. The third kappa shape index (κ3) is 8.38. The Labute approximate surface area is 318 Å². The minimum absolute atomic E-state index is 0.0194. The lowest BCUT2D eigenvalue weighted by molar-refractivity contribution is -0.121. The number of alkyl halides is 4. The Morgan fingerprint density at radius 1 is 1.11 bits per heavy atom. The first-order chi connectivity index (χ1) is 26.1. The van der Waals surface area contributed by atoms with E-state index in [0.717, 1.165) is 18.4 Å². The van der Waals surface area contributed by atoms with Crippen LogP contribution in [-0.4, -0.2) is 70.3 Å². The average Bonchev–Trinajstić information content (AvgIpc) is 3.45. The van der Waals surface area contributed by atoms with Gasteiger partial charge >= 0.3 is 0 Å². The number of aliphatic hydroxyl groups is 1. The summed E-state index contributed by atoms with van der Waals surface area (Å²) in [6.45, 7) is 3.64. The number of aryl methyl sites for hydroxylation is 1. The molecular weight excluding hydrogens is 765 g/mol. The number of carbonyl (C=O) groups is 1. The van der Waals surface area contributed by atoms with Crippen molar-refractivity contribution in [3.05, 3.63) is 94.2 Å². The summed E-state index contributed by atoms with van der Waals surface area (Å²) in [4.78, 5) is 22.8. The molecule has 0 aliphatic heterocycles. The van der Waals surface area contributed by atoms with Crippen LogP contribution in [0.5, 0.6) is 0 Å². The average molecular weight is 802 g/mol. The van der Waals surface area contributed by atoms with Crippen molar-refractivity contribution in [1.29, 1.82) is 5.41 Å². The van der Waals surface area contributed by atoms with Crippen molar-refractivity contribution in [2.45, 2.75) is 64.0 Å². The topological polar surface area (TPSA) is 162 Å². The van der Waals surface area contributed by atoms with E-state index in [-0.39, 0.29) is 42.0 Å². The summed E-state index contributed by atoms with van der Waals surface area (Å²) in [5.41, 5.74) is -2.88. The molecule has 6 rings (SSSR count). The highest BCUT2D eigenvalue weighted by Gasteiger charge is 2.61. The zero-order chi connectivity index (χ0) is 40.9. The van der Waals surface area contributed by atoms with Gasteiger partial charge in [-0.05, 0) is 93.8 Å². The predicted octanol–water partition coefficient (Wildman–Crippen LogP) is 5.68. The number of imidazole rings is 1. The number of benzene rings is 1. The van der Waals surface area contributed by atoms with Crippen LogP contribution in [0.4, 0.5) is 32.2 Å². The Balaban J connectivity index is 1.47. The van der Waals surface area contributed by atoms with Gasteiger partial charge in [-0.25, -0.2) is 35.9 Å². The van der Waals surface area contributed by atoms with Crippen LogP contribution in [0.25, 0.3) is 16.8 Å². The summed E-state index contributed by atoms with van der Waals surface area (Å²) < 4.78 is 115. The van der Waals surface area contributed by atoms with Gasteiger partial charge in [-0.2, -0.15) is 8.78 Å². The van der Waals surface area contributed by atoms with Crippen molar-refractivity contribution in [2.24, 2.45) is 11.8 Å². The molecule has 56 heavy (non-hydrogen) atoms. The fourth-order valence-corrected chi connectivity index (χ4v) is 7.61. The Bertz CT molecular complexity index is 2430. The number of rotatable bonds is 12. The smallest absolute Gasteiger partial charge is 0.290 e. The van der Waals surface area contributed by atoms with Crippen LogP contribution in [0, 0.1) is 47.6 Å². The zero-order valence-electron chi connectivity index (χ0n) is 30.4. The molecular formula is C38H37F6N7O4S. The van der Waals surface area contributed by atoms with Gasteiger partial charge < -0.3 is 15.7 Å². The lowest BCUT2D eigenvalue weighted by Gasteiger charge is -2.35. The molecule has 296 valence electrons. The SMILES string of the molecule is Cc1nc(NS(C)(=O)=O)c2cccc(-c3ccc(C#CC(C)(C)O)nc3[C@H](Cc3cc(F)cc(F)c3)NC(=O)CNC3=C(C(=N)C(F)F)[C@H]4CC[C@H]4C3(F)F)n12. The van der Waals surface area contributed by atoms with Gasteiger partial charge in [0.15, 0.2) is 5.82 Å². The van der Waals surface area contributed by atoms with Crippen LogP contribution < -0.4 is 15.4 Å². The normalized spacial score (nSPS) is 18.2. The molecule has 1 fully saturated rings. The number of fused-ring (bicyclic) bond motifs is 2. The first-order valence-electron chi connectivity index (χ1n) is 17.3. The molecule has 0 unspecified atom stereocenters. The number of sulfonamides is 1. The van der Waals surface area contributed by atoms with E-state index < -0.39 is 86.9 Å². The molecule has 11 nitrogen and oxygen atoms in total. The highest BCUT2D eigenvalue weighted by molar-refractivity contribution is 7.92. The maximum atomic E-state index is 15.5. The van der Waals surface area contributed by atoms with Gasteiger partial charge in [0.1, 0.15) is 34.5 Å². The monoisotopic (exact) mass is 801 g/mol. The first kappa shape index (κ1) is 40.3. The van der Waals surface area contributed by atoms with Crippen LogP contribution in [0.2, 0.25) is 0 Å². The van der Waals surface area contributed by atoms with Crippen LogP contribution in [0.15, 0.2) is 59.8 Å². The van der Waals surface area contributed by atoms with Crippen molar-refractivity contribution in [3.63, 3.8) is 0 Å². The van der Waals surface area contributed by atoms with Gasteiger partial charge in [0.05, 0.1) is 41.4 Å². The van der Waals surface area contributed by atoms with E-state index >= 15 is 8.78 Å². The molecule has 3 atom stereocenters. The molecule has 2 aliphatic rings. The lowest BCUT2D eigenvalue weighted by atomic mass is 9.71. The van der Waals surface area contributed by atoms with Crippen molar-refractivity contribution in [2.75, 3.05) is 17.5 Å². The van der Waals surface area contributed by atoms with E-state index in [2.05, 4.69) is 32.2 Å². The first-order valence-corrected chi connectivity index (χ1v) is 19.2. The molecule has 3 aromatic heterocycles. The van der Waals surface area contributed by atoms with Gasteiger partial charge in [-0.1, -0.05) is 12.0 Å². The molecule has 5 N–H and O–H groups in total.